The second-order valence-electron chi connectivity index (χ2n) is 5.80. The van der Waals surface area contributed by atoms with Crippen LogP contribution in [-0.4, -0.2) is 27.6 Å². The van der Waals surface area contributed by atoms with E-state index < -0.39 is 0 Å². The van der Waals surface area contributed by atoms with Crippen molar-refractivity contribution in [2.24, 2.45) is 0 Å². The molecule has 1 atom stereocenters. The topological polar surface area (TPSA) is 42.7 Å². The van der Waals surface area contributed by atoms with Crippen molar-refractivity contribution in [1.82, 2.24) is 20.3 Å². The summed E-state index contributed by atoms with van der Waals surface area (Å²) in [4.78, 5) is 0. The van der Waals surface area contributed by atoms with E-state index in [1.165, 1.54) is 56.9 Å². The molecule has 2 heterocycles. The first-order chi connectivity index (χ1) is 9.42. The van der Waals surface area contributed by atoms with Crippen LogP contribution < -0.4 is 5.32 Å². The second-order valence-corrected chi connectivity index (χ2v) is 5.80. The van der Waals surface area contributed by atoms with Crippen molar-refractivity contribution in [3.63, 3.8) is 0 Å². The van der Waals surface area contributed by atoms with Crippen LogP contribution in [0.3, 0.4) is 0 Å². The van der Waals surface area contributed by atoms with Crippen LogP contribution in [0.4, 0.5) is 0 Å². The van der Waals surface area contributed by atoms with Crippen LogP contribution in [0.2, 0.25) is 0 Å². The minimum absolute atomic E-state index is 0.584. The Morgan fingerprint density at radius 3 is 3.05 bits per heavy atom. The minimum atomic E-state index is 0.584. The van der Waals surface area contributed by atoms with Crippen LogP contribution in [0.1, 0.15) is 57.1 Å². The van der Waals surface area contributed by atoms with Crippen molar-refractivity contribution in [3.8, 4) is 0 Å². The van der Waals surface area contributed by atoms with Crippen LogP contribution in [0, 0.1) is 0 Å². The van der Waals surface area contributed by atoms with Gasteiger partial charge in [0.25, 0.3) is 0 Å². The zero-order chi connectivity index (χ0) is 12.9. The van der Waals surface area contributed by atoms with E-state index in [-0.39, 0.29) is 0 Å². The maximum Gasteiger partial charge on any atom is 0.108 e. The third kappa shape index (κ3) is 3.44. The summed E-state index contributed by atoms with van der Waals surface area (Å²) in [6.45, 7) is 2.11. The van der Waals surface area contributed by atoms with Gasteiger partial charge in [0.2, 0.25) is 0 Å². The average molecular weight is 260 g/mol. The SMILES string of the molecule is C1=C(c2cn(C[C@@H]3CCCN3)nn2)CCCCCC1. The Kier molecular flexibility index (Phi) is 4.28. The van der Waals surface area contributed by atoms with E-state index in [1.807, 2.05) is 4.68 Å². The zero-order valence-corrected chi connectivity index (χ0v) is 11.6. The maximum atomic E-state index is 4.37. The second kappa shape index (κ2) is 6.33. The quantitative estimate of drug-likeness (QED) is 0.908. The van der Waals surface area contributed by atoms with Gasteiger partial charge in [-0.25, -0.2) is 0 Å². The fraction of sp³-hybridized carbons (Fsp3) is 0.733. The number of hydrogen-bond acceptors (Lipinski definition) is 3. The Balaban J connectivity index is 1.65. The first-order valence-electron chi connectivity index (χ1n) is 7.75. The molecule has 1 aromatic heterocycles. The van der Waals surface area contributed by atoms with E-state index in [4.69, 9.17) is 0 Å². The highest BCUT2D eigenvalue weighted by atomic mass is 15.4. The van der Waals surface area contributed by atoms with E-state index in [0.29, 0.717) is 6.04 Å². The van der Waals surface area contributed by atoms with E-state index in [9.17, 15) is 0 Å². The largest absolute Gasteiger partial charge is 0.312 e. The molecule has 0 spiro atoms. The molecule has 1 saturated heterocycles. The molecule has 3 rings (SSSR count). The third-order valence-corrected chi connectivity index (χ3v) is 4.23. The molecule has 0 amide bonds. The Morgan fingerprint density at radius 2 is 2.16 bits per heavy atom. The van der Waals surface area contributed by atoms with Crippen LogP contribution >= 0.6 is 0 Å². The molecule has 0 bridgehead atoms. The molecule has 4 heteroatoms. The van der Waals surface area contributed by atoms with Gasteiger partial charge in [-0.1, -0.05) is 24.1 Å². The van der Waals surface area contributed by atoms with E-state index >= 15 is 0 Å². The summed E-state index contributed by atoms with van der Waals surface area (Å²) in [5.74, 6) is 0. The van der Waals surface area contributed by atoms with E-state index in [0.717, 1.165) is 18.8 Å². The van der Waals surface area contributed by atoms with Crippen LogP contribution in [0.15, 0.2) is 12.3 Å². The normalized spacial score (nSPS) is 24.8. The van der Waals surface area contributed by atoms with Gasteiger partial charge >= 0.3 is 0 Å². The molecule has 4 nitrogen and oxygen atoms in total. The summed E-state index contributed by atoms with van der Waals surface area (Å²) in [7, 11) is 0. The Labute approximate surface area is 115 Å². The molecular formula is C15H24N4. The predicted molar refractivity (Wildman–Crippen MR) is 76.7 cm³/mol. The van der Waals surface area contributed by atoms with Gasteiger partial charge in [-0.3, -0.25) is 4.68 Å². The zero-order valence-electron chi connectivity index (χ0n) is 11.6. The van der Waals surface area contributed by atoms with E-state index in [2.05, 4.69) is 27.9 Å². The molecule has 104 valence electrons. The Hall–Kier alpha value is -1.16. The molecule has 0 saturated carbocycles. The highest BCUT2D eigenvalue weighted by molar-refractivity contribution is 5.61. The van der Waals surface area contributed by atoms with Gasteiger partial charge in [-0.15, -0.1) is 5.10 Å². The molecule has 0 radical (unpaired) electrons. The van der Waals surface area contributed by atoms with E-state index in [1.54, 1.807) is 0 Å². The van der Waals surface area contributed by atoms with Crippen molar-refractivity contribution in [2.45, 2.75) is 64.0 Å². The molecule has 1 aliphatic heterocycles. The summed E-state index contributed by atoms with van der Waals surface area (Å²) >= 11 is 0. The van der Waals surface area contributed by atoms with Crippen LogP contribution in [-0.2, 0) is 6.54 Å². The lowest BCUT2D eigenvalue weighted by atomic mass is 9.98. The summed E-state index contributed by atoms with van der Waals surface area (Å²) in [6.07, 6.45) is 14.8. The molecule has 1 aromatic rings. The van der Waals surface area contributed by atoms with Gasteiger partial charge in [0.1, 0.15) is 5.69 Å². The number of aromatic nitrogens is 3. The molecule has 2 aliphatic rings. The molecule has 1 aliphatic carbocycles. The highest BCUT2D eigenvalue weighted by Crippen LogP contribution is 2.23. The van der Waals surface area contributed by atoms with Crippen molar-refractivity contribution < 1.29 is 0 Å². The summed E-state index contributed by atoms with van der Waals surface area (Å²) in [6, 6.07) is 0.584. The first-order valence-corrected chi connectivity index (χ1v) is 7.75. The molecule has 1 N–H and O–H groups in total. The lowest BCUT2D eigenvalue weighted by Gasteiger charge is -2.09. The van der Waals surface area contributed by atoms with Gasteiger partial charge in [0.05, 0.1) is 12.7 Å². The smallest absolute Gasteiger partial charge is 0.108 e. The number of nitrogens with zero attached hydrogens (tertiary/aromatic N) is 3. The molecule has 19 heavy (non-hydrogen) atoms. The molecule has 1 fully saturated rings. The molecule has 0 aromatic carbocycles. The van der Waals surface area contributed by atoms with Crippen molar-refractivity contribution in [3.05, 3.63) is 18.0 Å². The maximum absolute atomic E-state index is 4.37. The summed E-state index contributed by atoms with van der Waals surface area (Å²) in [5.41, 5.74) is 2.50. The minimum Gasteiger partial charge on any atom is -0.312 e. The van der Waals surface area contributed by atoms with Crippen molar-refractivity contribution in [2.75, 3.05) is 6.54 Å². The lowest BCUT2D eigenvalue weighted by Crippen LogP contribution is -2.26. The van der Waals surface area contributed by atoms with Crippen molar-refractivity contribution in [1.29, 1.82) is 0 Å². The standard InChI is InChI=1S/C15H24N4/c1-2-4-7-13(8-5-3-1)15-12-19(18-17-15)11-14-9-6-10-16-14/h7,12,14,16H,1-6,8-11H2/t14-/m0/s1. The molecule has 0 unspecified atom stereocenters. The lowest BCUT2D eigenvalue weighted by molar-refractivity contribution is 0.466. The third-order valence-electron chi connectivity index (χ3n) is 4.23. The Morgan fingerprint density at radius 1 is 1.21 bits per heavy atom. The number of hydrogen-bond donors (Lipinski definition) is 1. The van der Waals surface area contributed by atoms with Crippen molar-refractivity contribution >= 4 is 5.57 Å². The monoisotopic (exact) mass is 260 g/mol. The predicted octanol–water partition coefficient (Wildman–Crippen LogP) is 2.77. The molecular weight excluding hydrogens is 236 g/mol. The summed E-state index contributed by atoms with van der Waals surface area (Å²) < 4.78 is 2.01. The number of allylic oxidation sites excluding steroid dienone is 2. The fourth-order valence-electron chi connectivity index (χ4n) is 3.10. The fourth-order valence-corrected chi connectivity index (χ4v) is 3.10. The van der Waals surface area contributed by atoms with Gasteiger partial charge in [-0.05, 0) is 50.6 Å². The highest BCUT2D eigenvalue weighted by Gasteiger charge is 2.16. The average Bonchev–Trinajstić information content (AvgIpc) is 3.01. The number of nitrogens with one attached hydrogen (secondary N) is 1. The van der Waals surface area contributed by atoms with Gasteiger partial charge in [0, 0.05) is 6.04 Å². The van der Waals surface area contributed by atoms with Gasteiger partial charge in [0.15, 0.2) is 0 Å². The summed E-state index contributed by atoms with van der Waals surface area (Å²) in [5, 5.41) is 12.2. The van der Waals surface area contributed by atoms with Crippen LogP contribution in [0.5, 0.6) is 0 Å². The van der Waals surface area contributed by atoms with Gasteiger partial charge in [-0.2, -0.15) is 0 Å². The Bertz CT molecular complexity index is 429. The van der Waals surface area contributed by atoms with Gasteiger partial charge < -0.3 is 5.32 Å². The number of rotatable bonds is 3. The first kappa shape index (κ1) is 12.9. The van der Waals surface area contributed by atoms with Crippen LogP contribution in [0.25, 0.3) is 5.57 Å².